The van der Waals surface area contributed by atoms with Crippen molar-refractivity contribution in [3.63, 3.8) is 0 Å². The average Bonchev–Trinajstić information content (AvgIpc) is 2.23. The largest absolute Gasteiger partial charge is 0.462 e. The molecule has 5 heteroatoms. The van der Waals surface area contributed by atoms with E-state index < -0.39 is 5.97 Å². The first-order valence-electron chi connectivity index (χ1n) is 4.54. The molecule has 0 saturated heterocycles. The second-order valence-electron chi connectivity index (χ2n) is 2.85. The van der Waals surface area contributed by atoms with E-state index in [9.17, 15) is 4.79 Å². The maximum atomic E-state index is 11.3. The summed E-state index contributed by atoms with van der Waals surface area (Å²) in [6.07, 6.45) is 1.39. The predicted molar refractivity (Wildman–Crippen MR) is 66.9 cm³/mol. The summed E-state index contributed by atoms with van der Waals surface area (Å²) < 4.78 is 4.73. The molecule has 0 fully saturated rings. The summed E-state index contributed by atoms with van der Waals surface area (Å²) in [5.41, 5.74) is 0.504. The van der Waals surface area contributed by atoms with Gasteiger partial charge in [-0.05, 0) is 25.1 Å². The Kier molecular flexibility index (Phi) is 5.13. The monoisotopic (exact) mass is 278 g/mol. The van der Waals surface area contributed by atoms with Crippen LogP contribution in [0.3, 0.4) is 0 Å². The molecule has 0 aliphatic heterocycles. The topological polar surface area (TPSA) is 26.3 Å². The van der Waals surface area contributed by atoms with Crippen LogP contribution in [0.1, 0.15) is 12.5 Å². The van der Waals surface area contributed by atoms with Gasteiger partial charge in [-0.15, -0.1) is 0 Å². The van der Waals surface area contributed by atoms with Gasteiger partial charge < -0.3 is 4.74 Å². The van der Waals surface area contributed by atoms with E-state index in [1.807, 2.05) is 0 Å². The quantitative estimate of drug-likeness (QED) is 0.614. The Morgan fingerprint density at radius 1 is 1.38 bits per heavy atom. The number of carbonyl (C=O) groups is 1. The minimum Gasteiger partial charge on any atom is -0.462 e. The van der Waals surface area contributed by atoms with Crippen LogP contribution in [0.25, 0.3) is 6.08 Å². The Hall–Kier alpha value is -0.700. The zero-order valence-electron chi connectivity index (χ0n) is 8.47. The van der Waals surface area contributed by atoms with Gasteiger partial charge in [0.25, 0.3) is 0 Å². The molecule has 0 atom stereocenters. The molecule has 0 N–H and O–H groups in total. The second kappa shape index (κ2) is 6.14. The first-order chi connectivity index (χ1) is 7.56. The number of benzene rings is 1. The van der Waals surface area contributed by atoms with E-state index in [0.29, 0.717) is 15.6 Å². The molecule has 1 aromatic carbocycles. The van der Waals surface area contributed by atoms with Crippen molar-refractivity contribution >= 4 is 46.8 Å². The molecule has 1 aromatic rings. The van der Waals surface area contributed by atoms with Gasteiger partial charge in [0, 0.05) is 15.6 Å². The van der Waals surface area contributed by atoms with Crippen LogP contribution in [0.2, 0.25) is 10.0 Å². The Bertz CT molecular complexity index is 407. The highest BCUT2D eigenvalue weighted by molar-refractivity contribution is 6.44. The van der Waals surface area contributed by atoms with Crippen molar-refractivity contribution in [2.24, 2.45) is 0 Å². The fourth-order valence-corrected chi connectivity index (χ4v) is 1.70. The molecular formula is C11H9Cl3O2. The lowest BCUT2D eigenvalue weighted by Crippen LogP contribution is -2.03. The number of halogens is 3. The molecule has 0 aliphatic carbocycles. The molecular weight excluding hydrogens is 270 g/mol. The third kappa shape index (κ3) is 3.41. The molecule has 86 valence electrons. The van der Waals surface area contributed by atoms with Gasteiger partial charge in [0.1, 0.15) is 5.03 Å². The van der Waals surface area contributed by atoms with Gasteiger partial charge in [-0.2, -0.15) is 0 Å². The number of esters is 1. The Balaban J connectivity index is 3.02. The SMILES string of the molecule is CCOC(=O)/C(Cl)=C/c1c(Cl)cccc1Cl. The van der Waals surface area contributed by atoms with Crippen LogP contribution in [-0.4, -0.2) is 12.6 Å². The summed E-state index contributed by atoms with van der Waals surface area (Å²) in [6, 6.07) is 5.03. The standard InChI is InChI=1S/C11H9Cl3O2/c1-2-16-11(15)10(14)6-7-8(12)4-3-5-9(7)13/h3-6H,2H2,1H3/b10-6-. The van der Waals surface area contributed by atoms with Crippen molar-refractivity contribution in [3.8, 4) is 0 Å². The van der Waals surface area contributed by atoms with Gasteiger partial charge in [-0.1, -0.05) is 40.9 Å². The predicted octanol–water partition coefficient (Wildman–Crippen LogP) is 4.14. The van der Waals surface area contributed by atoms with E-state index in [2.05, 4.69) is 0 Å². The van der Waals surface area contributed by atoms with Crippen molar-refractivity contribution in [3.05, 3.63) is 38.8 Å². The highest BCUT2D eigenvalue weighted by atomic mass is 35.5. The summed E-state index contributed by atoms with van der Waals surface area (Å²) in [4.78, 5) is 11.3. The molecule has 2 nitrogen and oxygen atoms in total. The average molecular weight is 280 g/mol. The van der Waals surface area contributed by atoms with Crippen molar-refractivity contribution in [1.82, 2.24) is 0 Å². The van der Waals surface area contributed by atoms with Crippen LogP contribution < -0.4 is 0 Å². The minimum absolute atomic E-state index is 0.0585. The van der Waals surface area contributed by atoms with Crippen LogP contribution in [0, 0.1) is 0 Å². The molecule has 0 aromatic heterocycles. The van der Waals surface area contributed by atoms with Gasteiger partial charge in [0.15, 0.2) is 0 Å². The van der Waals surface area contributed by atoms with Crippen molar-refractivity contribution in [2.45, 2.75) is 6.92 Å². The molecule has 0 unspecified atom stereocenters. The third-order valence-corrected chi connectivity index (χ3v) is 2.66. The van der Waals surface area contributed by atoms with Crippen LogP contribution in [0.5, 0.6) is 0 Å². The third-order valence-electron chi connectivity index (χ3n) is 1.74. The van der Waals surface area contributed by atoms with Gasteiger partial charge in [0.05, 0.1) is 6.61 Å². The summed E-state index contributed by atoms with van der Waals surface area (Å²) >= 11 is 17.6. The fourth-order valence-electron chi connectivity index (χ4n) is 1.03. The number of hydrogen-bond acceptors (Lipinski definition) is 2. The zero-order chi connectivity index (χ0) is 12.1. The highest BCUT2D eigenvalue weighted by Crippen LogP contribution is 2.27. The molecule has 1 rings (SSSR count). The number of hydrogen-bond donors (Lipinski definition) is 0. The summed E-state index contributed by atoms with van der Waals surface area (Å²) in [5.74, 6) is -0.597. The van der Waals surface area contributed by atoms with Crippen LogP contribution in [0.4, 0.5) is 0 Å². The molecule has 0 spiro atoms. The second-order valence-corrected chi connectivity index (χ2v) is 4.07. The van der Waals surface area contributed by atoms with E-state index in [-0.39, 0.29) is 11.6 Å². The lowest BCUT2D eigenvalue weighted by Gasteiger charge is -2.03. The fraction of sp³-hybridized carbons (Fsp3) is 0.182. The van der Waals surface area contributed by atoms with Crippen LogP contribution in [0.15, 0.2) is 23.2 Å². The lowest BCUT2D eigenvalue weighted by atomic mass is 10.2. The number of rotatable bonds is 3. The lowest BCUT2D eigenvalue weighted by molar-refractivity contribution is -0.137. The molecule has 0 radical (unpaired) electrons. The Morgan fingerprint density at radius 3 is 2.44 bits per heavy atom. The summed E-state index contributed by atoms with van der Waals surface area (Å²) in [5, 5.41) is 0.793. The van der Waals surface area contributed by atoms with Gasteiger partial charge >= 0.3 is 5.97 Å². The smallest absolute Gasteiger partial charge is 0.349 e. The maximum absolute atomic E-state index is 11.3. The van der Waals surface area contributed by atoms with Crippen LogP contribution >= 0.6 is 34.8 Å². The molecule has 0 heterocycles. The highest BCUT2D eigenvalue weighted by Gasteiger charge is 2.10. The summed E-state index contributed by atoms with van der Waals surface area (Å²) in [6.45, 7) is 1.96. The minimum atomic E-state index is -0.597. The Labute approximate surface area is 109 Å². The van der Waals surface area contributed by atoms with Crippen molar-refractivity contribution in [2.75, 3.05) is 6.61 Å². The van der Waals surface area contributed by atoms with E-state index >= 15 is 0 Å². The van der Waals surface area contributed by atoms with E-state index in [0.717, 1.165) is 0 Å². The van der Waals surface area contributed by atoms with E-state index in [1.165, 1.54) is 6.08 Å². The van der Waals surface area contributed by atoms with Crippen molar-refractivity contribution < 1.29 is 9.53 Å². The molecule has 0 aliphatic rings. The molecule has 0 saturated carbocycles. The van der Waals surface area contributed by atoms with Gasteiger partial charge in [0.2, 0.25) is 0 Å². The normalized spacial score (nSPS) is 11.4. The number of carbonyl (C=O) groups excluding carboxylic acids is 1. The van der Waals surface area contributed by atoms with Crippen LogP contribution in [-0.2, 0) is 9.53 Å². The summed E-state index contributed by atoms with van der Waals surface area (Å²) in [7, 11) is 0. The number of ether oxygens (including phenoxy) is 1. The molecule has 0 amide bonds. The zero-order valence-corrected chi connectivity index (χ0v) is 10.7. The van der Waals surface area contributed by atoms with Gasteiger partial charge in [-0.25, -0.2) is 4.79 Å². The first-order valence-corrected chi connectivity index (χ1v) is 5.68. The van der Waals surface area contributed by atoms with Crippen molar-refractivity contribution in [1.29, 1.82) is 0 Å². The molecule has 0 bridgehead atoms. The maximum Gasteiger partial charge on any atom is 0.349 e. The van der Waals surface area contributed by atoms with E-state index in [1.54, 1.807) is 25.1 Å². The Morgan fingerprint density at radius 2 is 1.94 bits per heavy atom. The molecule has 16 heavy (non-hydrogen) atoms. The van der Waals surface area contributed by atoms with Gasteiger partial charge in [-0.3, -0.25) is 0 Å². The van der Waals surface area contributed by atoms with E-state index in [4.69, 9.17) is 39.5 Å². The first kappa shape index (κ1) is 13.4.